The molecule has 2 fully saturated rings. The predicted octanol–water partition coefficient (Wildman–Crippen LogP) is 3.13. The van der Waals surface area contributed by atoms with Gasteiger partial charge in [0.1, 0.15) is 5.82 Å². The van der Waals surface area contributed by atoms with Gasteiger partial charge in [0.25, 0.3) is 0 Å². The summed E-state index contributed by atoms with van der Waals surface area (Å²) in [5, 5.41) is 3.09. The fourth-order valence-electron chi connectivity index (χ4n) is 4.74. The normalized spacial score (nSPS) is 19.0. The SMILES string of the molecule is CS(=O)(=O)NCC1CCN(c2ccc(S(=O)(=O)N3CCC(Nc4ccc(C(F)(F)F)cn4)CC3)cc2)CC1. The van der Waals surface area contributed by atoms with E-state index in [1.54, 1.807) is 24.3 Å². The van der Waals surface area contributed by atoms with Gasteiger partial charge in [-0.05, 0) is 68.0 Å². The number of halogens is 3. The molecule has 2 aliphatic heterocycles. The Bertz CT molecular complexity index is 1290. The van der Waals surface area contributed by atoms with Crippen LogP contribution in [0.25, 0.3) is 0 Å². The summed E-state index contributed by atoms with van der Waals surface area (Å²) in [7, 11) is -6.88. The Labute approximate surface area is 221 Å². The number of hydrogen-bond acceptors (Lipinski definition) is 7. The molecule has 3 heterocycles. The van der Waals surface area contributed by atoms with Gasteiger partial charge in [0.15, 0.2) is 0 Å². The number of hydrogen-bond donors (Lipinski definition) is 2. The minimum atomic E-state index is -4.44. The maximum atomic E-state index is 13.2. The second kappa shape index (κ2) is 11.4. The molecule has 0 radical (unpaired) electrons. The lowest BCUT2D eigenvalue weighted by atomic mass is 9.97. The Morgan fingerprint density at radius 3 is 2.08 bits per heavy atom. The van der Waals surface area contributed by atoms with Gasteiger partial charge in [-0.15, -0.1) is 0 Å². The summed E-state index contributed by atoms with van der Waals surface area (Å²) in [6, 6.07) is 8.97. The van der Waals surface area contributed by atoms with Crippen LogP contribution in [0.3, 0.4) is 0 Å². The Hall–Kier alpha value is -2.42. The summed E-state index contributed by atoms with van der Waals surface area (Å²) in [4.78, 5) is 6.21. The number of rotatable bonds is 8. The quantitative estimate of drug-likeness (QED) is 0.498. The van der Waals surface area contributed by atoms with Gasteiger partial charge in [0, 0.05) is 50.6 Å². The van der Waals surface area contributed by atoms with Gasteiger partial charge in [-0.3, -0.25) is 0 Å². The van der Waals surface area contributed by atoms with Crippen molar-refractivity contribution >= 4 is 31.6 Å². The molecular weight excluding hydrogens is 543 g/mol. The van der Waals surface area contributed by atoms with E-state index in [1.807, 2.05) is 0 Å². The van der Waals surface area contributed by atoms with Gasteiger partial charge in [0.2, 0.25) is 20.0 Å². The highest BCUT2D eigenvalue weighted by Crippen LogP contribution is 2.30. The van der Waals surface area contributed by atoms with Crippen LogP contribution in [0.15, 0.2) is 47.5 Å². The first-order valence-corrected chi connectivity index (χ1v) is 15.7. The molecule has 0 atom stereocenters. The summed E-state index contributed by atoms with van der Waals surface area (Å²) in [6.45, 7) is 2.53. The van der Waals surface area contributed by atoms with E-state index in [4.69, 9.17) is 0 Å². The highest BCUT2D eigenvalue weighted by Gasteiger charge is 2.32. The first-order chi connectivity index (χ1) is 17.8. The molecule has 0 spiro atoms. The number of nitrogens with one attached hydrogen (secondary N) is 2. The third-order valence-electron chi connectivity index (χ3n) is 6.99. The van der Waals surface area contributed by atoms with Crippen molar-refractivity contribution in [1.29, 1.82) is 0 Å². The first kappa shape index (κ1) is 28.6. The van der Waals surface area contributed by atoms with Crippen molar-refractivity contribution in [3.05, 3.63) is 48.2 Å². The number of pyridine rings is 1. The number of sulfonamides is 2. The molecule has 1 aromatic heterocycles. The second-order valence-electron chi connectivity index (χ2n) is 9.80. The summed E-state index contributed by atoms with van der Waals surface area (Å²) in [5.74, 6) is 0.596. The molecule has 2 aromatic rings. The molecule has 2 N–H and O–H groups in total. The average Bonchev–Trinajstić information content (AvgIpc) is 2.88. The Balaban J connectivity index is 1.28. The minimum absolute atomic E-state index is 0.0939. The summed E-state index contributed by atoms with van der Waals surface area (Å²) in [5.41, 5.74) is 0.104. The molecule has 0 aliphatic carbocycles. The van der Waals surface area contributed by atoms with Gasteiger partial charge in [0.05, 0.1) is 16.7 Å². The molecule has 2 saturated heterocycles. The van der Waals surface area contributed by atoms with Crippen molar-refractivity contribution in [1.82, 2.24) is 14.0 Å². The van der Waals surface area contributed by atoms with Gasteiger partial charge in [-0.1, -0.05) is 0 Å². The van der Waals surface area contributed by atoms with Crippen LogP contribution in [0, 0.1) is 5.92 Å². The van der Waals surface area contributed by atoms with E-state index in [0.717, 1.165) is 50.1 Å². The average molecular weight is 576 g/mol. The van der Waals surface area contributed by atoms with Crippen molar-refractivity contribution < 1.29 is 30.0 Å². The zero-order valence-electron chi connectivity index (χ0n) is 21.0. The molecule has 14 heteroatoms. The standard InChI is InChI=1S/C24H32F3N5O4S2/c1-37(33,34)29-16-18-8-12-31(13-9-18)21-3-5-22(6-4-21)38(35,36)32-14-10-20(11-15-32)30-23-7-2-19(17-28-23)24(25,26)27/h2-7,17-18,20,29H,8-16H2,1H3,(H,28,30). The number of nitrogens with zero attached hydrogens (tertiary/aromatic N) is 3. The lowest BCUT2D eigenvalue weighted by molar-refractivity contribution is -0.137. The van der Waals surface area contributed by atoms with Crippen LogP contribution >= 0.6 is 0 Å². The Morgan fingerprint density at radius 2 is 1.55 bits per heavy atom. The van der Waals surface area contributed by atoms with E-state index < -0.39 is 31.8 Å². The van der Waals surface area contributed by atoms with Crippen LogP contribution in [-0.2, 0) is 26.2 Å². The number of benzene rings is 1. The van der Waals surface area contributed by atoms with E-state index >= 15 is 0 Å². The lowest BCUT2D eigenvalue weighted by Crippen LogP contribution is -2.42. The monoisotopic (exact) mass is 575 g/mol. The third kappa shape index (κ3) is 7.36. The van der Waals surface area contributed by atoms with E-state index in [2.05, 4.69) is 19.9 Å². The summed E-state index contributed by atoms with van der Waals surface area (Å²) in [6.07, 6.45) is 0.175. The molecule has 1 aromatic carbocycles. The number of aromatic nitrogens is 1. The number of piperidine rings is 2. The molecule has 0 saturated carbocycles. The summed E-state index contributed by atoms with van der Waals surface area (Å²) >= 11 is 0. The Morgan fingerprint density at radius 1 is 0.921 bits per heavy atom. The Kier molecular flexibility index (Phi) is 8.55. The van der Waals surface area contributed by atoms with Crippen LogP contribution in [0.5, 0.6) is 0 Å². The maximum absolute atomic E-state index is 13.2. The van der Waals surface area contributed by atoms with Crippen molar-refractivity contribution in [3.63, 3.8) is 0 Å². The zero-order valence-corrected chi connectivity index (χ0v) is 22.6. The fraction of sp³-hybridized carbons (Fsp3) is 0.542. The smallest absolute Gasteiger partial charge is 0.372 e. The van der Waals surface area contributed by atoms with Crippen LogP contribution in [0.4, 0.5) is 24.7 Å². The molecule has 4 rings (SSSR count). The molecule has 38 heavy (non-hydrogen) atoms. The molecule has 210 valence electrons. The predicted molar refractivity (Wildman–Crippen MR) is 139 cm³/mol. The third-order valence-corrected chi connectivity index (χ3v) is 9.59. The van der Waals surface area contributed by atoms with Gasteiger partial charge in [-0.25, -0.2) is 26.5 Å². The molecule has 0 unspecified atom stereocenters. The van der Waals surface area contributed by atoms with Crippen molar-refractivity contribution in [2.75, 3.05) is 49.2 Å². The minimum Gasteiger partial charge on any atom is -0.372 e. The maximum Gasteiger partial charge on any atom is 0.417 e. The summed E-state index contributed by atoms with van der Waals surface area (Å²) < 4.78 is 91.1. The highest BCUT2D eigenvalue weighted by atomic mass is 32.2. The van der Waals surface area contributed by atoms with Crippen molar-refractivity contribution in [2.24, 2.45) is 5.92 Å². The van der Waals surface area contributed by atoms with Gasteiger partial charge in [-0.2, -0.15) is 17.5 Å². The lowest BCUT2D eigenvalue weighted by Gasteiger charge is -2.34. The van der Waals surface area contributed by atoms with Gasteiger partial charge < -0.3 is 10.2 Å². The van der Waals surface area contributed by atoms with Crippen LogP contribution in [-0.4, -0.2) is 71.1 Å². The van der Waals surface area contributed by atoms with Crippen LogP contribution in [0.1, 0.15) is 31.2 Å². The topological polar surface area (TPSA) is 112 Å². The second-order valence-corrected chi connectivity index (χ2v) is 13.6. The zero-order chi connectivity index (χ0) is 27.6. The number of anilines is 2. The molecule has 9 nitrogen and oxygen atoms in total. The molecule has 0 bridgehead atoms. The largest absolute Gasteiger partial charge is 0.417 e. The van der Waals surface area contributed by atoms with E-state index in [1.165, 1.54) is 10.4 Å². The molecule has 0 amide bonds. The molecular formula is C24H32F3N5O4S2. The van der Waals surface area contributed by atoms with Crippen LogP contribution in [0.2, 0.25) is 0 Å². The van der Waals surface area contributed by atoms with Crippen molar-refractivity contribution in [3.8, 4) is 0 Å². The fourth-order valence-corrected chi connectivity index (χ4v) is 6.75. The number of alkyl halides is 3. The highest BCUT2D eigenvalue weighted by molar-refractivity contribution is 7.89. The van der Waals surface area contributed by atoms with E-state index in [-0.39, 0.29) is 29.9 Å². The van der Waals surface area contributed by atoms with E-state index in [9.17, 15) is 30.0 Å². The first-order valence-electron chi connectivity index (χ1n) is 12.4. The molecule has 2 aliphatic rings. The van der Waals surface area contributed by atoms with Crippen LogP contribution < -0.4 is 14.9 Å². The van der Waals surface area contributed by atoms with Gasteiger partial charge >= 0.3 is 6.18 Å². The van der Waals surface area contributed by atoms with E-state index in [0.29, 0.717) is 25.2 Å². The van der Waals surface area contributed by atoms with Crippen molar-refractivity contribution in [2.45, 2.75) is 42.8 Å².